The van der Waals surface area contributed by atoms with Gasteiger partial charge >= 0.3 is 6.03 Å². The van der Waals surface area contributed by atoms with Gasteiger partial charge in [-0.2, -0.15) is 4.98 Å². The van der Waals surface area contributed by atoms with E-state index in [0.29, 0.717) is 25.3 Å². The minimum atomic E-state index is -1.84. The largest absolute Gasteiger partial charge is 0.335 e. The fraction of sp³-hybridized carbons (Fsp3) is 0.286. The third-order valence-electron chi connectivity index (χ3n) is 4.86. The first kappa shape index (κ1) is 18.2. The monoisotopic (exact) mass is 380 g/mol. The summed E-state index contributed by atoms with van der Waals surface area (Å²) in [6.07, 6.45) is 0.768. The number of amides is 2. The van der Waals surface area contributed by atoms with Crippen LogP contribution in [0.25, 0.3) is 11.4 Å². The Morgan fingerprint density at radius 1 is 1.14 bits per heavy atom. The van der Waals surface area contributed by atoms with Gasteiger partial charge < -0.3 is 14.7 Å². The van der Waals surface area contributed by atoms with Gasteiger partial charge in [-0.1, -0.05) is 65.8 Å². The van der Waals surface area contributed by atoms with E-state index in [1.54, 1.807) is 0 Å². The summed E-state index contributed by atoms with van der Waals surface area (Å²) in [7, 11) is 0. The lowest BCUT2D eigenvalue weighted by Gasteiger charge is -2.35. The lowest BCUT2D eigenvalue weighted by atomic mass is 9.94. The lowest BCUT2D eigenvalue weighted by Crippen LogP contribution is -2.50. The molecule has 1 N–H and O–H groups in total. The van der Waals surface area contributed by atoms with Crippen LogP contribution in [0.3, 0.4) is 0 Å². The molecule has 1 fully saturated rings. The zero-order valence-electron chi connectivity index (χ0n) is 15.3. The molecule has 2 amide bonds. The maximum atomic E-state index is 15.6. The minimum absolute atomic E-state index is 0.0769. The smallest absolute Gasteiger partial charge is 0.317 e. The van der Waals surface area contributed by atoms with Crippen LogP contribution < -0.4 is 5.32 Å². The number of hydrogen-bond donors (Lipinski definition) is 1. The highest BCUT2D eigenvalue weighted by Gasteiger charge is 2.43. The van der Waals surface area contributed by atoms with Crippen LogP contribution in [0.15, 0.2) is 65.2 Å². The van der Waals surface area contributed by atoms with E-state index in [0.717, 1.165) is 11.1 Å². The first-order valence-corrected chi connectivity index (χ1v) is 9.29. The number of likely N-dealkylation sites (tertiary alicyclic amines) is 1. The standard InChI is InChI=1S/C21H21FN4O2/c22-21(19-24-18(25-28-19)17-10-5-2-6-11-17)12-7-13-26(15-21)20(27)23-14-16-8-3-1-4-9-16/h1-6,8-11H,7,12-15H2,(H,23,27). The molecule has 0 aliphatic carbocycles. The molecule has 0 spiro atoms. The number of rotatable bonds is 4. The highest BCUT2D eigenvalue weighted by Crippen LogP contribution is 2.35. The van der Waals surface area contributed by atoms with Crippen molar-refractivity contribution in [3.8, 4) is 11.4 Å². The van der Waals surface area contributed by atoms with Crippen molar-refractivity contribution in [2.45, 2.75) is 25.1 Å². The van der Waals surface area contributed by atoms with E-state index in [1.807, 2.05) is 60.7 Å². The second-order valence-electron chi connectivity index (χ2n) is 6.92. The number of aromatic nitrogens is 2. The molecule has 1 aliphatic heterocycles. The first-order chi connectivity index (χ1) is 13.6. The predicted molar refractivity (Wildman–Crippen MR) is 102 cm³/mol. The molecular weight excluding hydrogens is 359 g/mol. The van der Waals surface area contributed by atoms with E-state index in [-0.39, 0.29) is 24.9 Å². The van der Waals surface area contributed by atoms with Crippen LogP contribution in [0.1, 0.15) is 24.3 Å². The second kappa shape index (κ2) is 7.80. The number of nitrogens with one attached hydrogen (secondary N) is 1. The third kappa shape index (κ3) is 3.88. The molecule has 2 heterocycles. The number of carbonyl (C=O) groups excluding carboxylic acids is 1. The van der Waals surface area contributed by atoms with Gasteiger partial charge in [0.05, 0.1) is 6.54 Å². The molecule has 3 aromatic rings. The van der Waals surface area contributed by atoms with E-state index >= 15 is 4.39 Å². The Balaban J connectivity index is 1.44. The molecule has 1 unspecified atom stereocenters. The molecule has 2 aromatic carbocycles. The van der Waals surface area contributed by atoms with Crippen molar-refractivity contribution >= 4 is 6.03 Å². The van der Waals surface area contributed by atoms with Gasteiger partial charge in [0.25, 0.3) is 5.89 Å². The molecule has 0 bridgehead atoms. The summed E-state index contributed by atoms with van der Waals surface area (Å²) >= 11 is 0. The normalized spacial score (nSPS) is 19.4. The van der Waals surface area contributed by atoms with Gasteiger partial charge in [0.1, 0.15) is 0 Å². The average Bonchev–Trinajstić information content (AvgIpc) is 3.25. The molecule has 144 valence electrons. The SMILES string of the molecule is O=C(NCc1ccccc1)N1CCCC(F)(c2nc(-c3ccccc3)no2)C1. The van der Waals surface area contributed by atoms with Crippen molar-refractivity contribution in [3.63, 3.8) is 0 Å². The maximum Gasteiger partial charge on any atom is 0.317 e. The van der Waals surface area contributed by atoms with Crippen LogP contribution >= 0.6 is 0 Å². The molecule has 6 nitrogen and oxygen atoms in total. The number of piperidine rings is 1. The van der Waals surface area contributed by atoms with Crippen LogP contribution in [0.2, 0.25) is 0 Å². The predicted octanol–water partition coefficient (Wildman–Crippen LogP) is 3.91. The summed E-state index contributed by atoms with van der Waals surface area (Å²) < 4.78 is 20.8. The van der Waals surface area contributed by atoms with E-state index in [1.165, 1.54) is 4.90 Å². The second-order valence-corrected chi connectivity index (χ2v) is 6.92. The Labute approximate surface area is 162 Å². The van der Waals surface area contributed by atoms with Crippen LogP contribution in [-0.2, 0) is 12.2 Å². The Morgan fingerprint density at radius 3 is 2.61 bits per heavy atom. The topological polar surface area (TPSA) is 71.3 Å². The molecule has 4 rings (SSSR count). The van der Waals surface area contributed by atoms with Crippen LogP contribution in [0.5, 0.6) is 0 Å². The Bertz CT molecular complexity index is 932. The maximum absolute atomic E-state index is 15.6. The van der Waals surface area contributed by atoms with Gasteiger partial charge in [0.2, 0.25) is 11.5 Å². The number of hydrogen-bond acceptors (Lipinski definition) is 4. The molecule has 28 heavy (non-hydrogen) atoms. The zero-order valence-corrected chi connectivity index (χ0v) is 15.3. The molecule has 7 heteroatoms. The van der Waals surface area contributed by atoms with Crippen LogP contribution in [0.4, 0.5) is 9.18 Å². The molecule has 0 saturated carbocycles. The Hall–Kier alpha value is -3.22. The highest BCUT2D eigenvalue weighted by atomic mass is 19.1. The van der Waals surface area contributed by atoms with Crippen molar-refractivity contribution in [1.29, 1.82) is 0 Å². The highest BCUT2D eigenvalue weighted by molar-refractivity contribution is 5.74. The number of alkyl halides is 1. The number of benzene rings is 2. The van der Waals surface area contributed by atoms with Crippen molar-refractivity contribution in [3.05, 3.63) is 72.1 Å². The molecular formula is C21H21FN4O2. The van der Waals surface area contributed by atoms with Gasteiger partial charge in [-0.05, 0) is 18.4 Å². The van der Waals surface area contributed by atoms with Crippen molar-refractivity contribution in [2.24, 2.45) is 0 Å². The Kier molecular flexibility index (Phi) is 5.06. The Morgan fingerprint density at radius 2 is 1.86 bits per heavy atom. The third-order valence-corrected chi connectivity index (χ3v) is 4.86. The fourth-order valence-electron chi connectivity index (χ4n) is 3.35. The summed E-state index contributed by atoms with van der Waals surface area (Å²) in [6.45, 7) is 0.782. The van der Waals surface area contributed by atoms with Gasteiger partial charge in [-0.15, -0.1) is 0 Å². The molecule has 1 aliphatic rings. The summed E-state index contributed by atoms with van der Waals surface area (Å²) in [5, 5.41) is 6.75. The van der Waals surface area contributed by atoms with Crippen molar-refractivity contribution in [2.75, 3.05) is 13.1 Å². The molecule has 1 saturated heterocycles. The molecule has 1 aromatic heterocycles. The summed E-state index contributed by atoms with van der Waals surface area (Å²) in [5.41, 5.74) is -0.0966. The number of halogens is 1. The summed E-state index contributed by atoms with van der Waals surface area (Å²) in [5.74, 6) is 0.269. The average molecular weight is 380 g/mol. The van der Waals surface area contributed by atoms with Gasteiger partial charge in [-0.25, -0.2) is 9.18 Å². The van der Waals surface area contributed by atoms with Crippen molar-refractivity contribution < 1.29 is 13.7 Å². The number of urea groups is 1. The number of nitrogens with zero attached hydrogens (tertiary/aromatic N) is 3. The molecule has 1 atom stereocenters. The summed E-state index contributed by atoms with van der Waals surface area (Å²) in [4.78, 5) is 18.2. The number of carbonyl (C=O) groups is 1. The van der Waals surface area contributed by atoms with Gasteiger partial charge in [0.15, 0.2) is 0 Å². The lowest BCUT2D eigenvalue weighted by molar-refractivity contribution is 0.0306. The van der Waals surface area contributed by atoms with Crippen LogP contribution in [0, 0.1) is 0 Å². The quantitative estimate of drug-likeness (QED) is 0.745. The molecule has 0 radical (unpaired) electrons. The van der Waals surface area contributed by atoms with Crippen molar-refractivity contribution in [1.82, 2.24) is 20.4 Å². The minimum Gasteiger partial charge on any atom is -0.335 e. The van der Waals surface area contributed by atoms with E-state index in [9.17, 15) is 4.79 Å². The van der Waals surface area contributed by atoms with E-state index in [4.69, 9.17) is 4.52 Å². The van der Waals surface area contributed by atoms with E-state index in [2.05, 4.69) is 15.5 Å². The first-order valence-electron chi connectivity index (χ1n) is 9.29. The summed E-state index contributed by atoms with van der Waals surface area (Å²) in [6, 6.07) is 18.6. The van der Waals surface area contributed by atoms with E-state index < -0.39 is 5.67 Å². The zero-order chi connectivity index (χ0) is 19.4. The fourth-order valence-corrected chi connectivity index (χ4v) is 3.35. The van der Waals surface area contributed by atoms with Gasteiger partial charge in [-0.3, -0.25) is 0 Å². The van der Waals surface area contributed by atoms with Gasteiger partial charge in [0, 0.05) is 18.7 Å². The van der Waals surface area contributed by atoms with Crippen LogP contribution in [-0.4, -0.2) is 34.2 Å².